The molecule has 10 heavy (non-hydrogen) atoms. The van der Waals surface area contributed by atoms with E-state index in [1.807, 2.05) is 6.92 Å². The van der Waals surface area contributed by atoms with Gasteiger partial charge in [-0.15, -0.1) is 0 Å². The third kappa shape index (κ3) is 1.05. The zero-order valence-electron chi connectivity index (χ0n) is 6.16. The minimum absolute atomic E-state index is 0.587. The van der Waals surface area contributed by atoms with E-state index in [2.05, 4.69) is 5.10 Å². The number of nitrogens with zero attached hydrogens (tertiary/aromatic N) is 2. The zero-order chi connectivity index (χ0) is 7.56. The van der Waals surface area contributed by atoms with Crippen molar-refractivity contribution in [2.75, 3.05) is 12.3 Å². The summed E-state index contributed by atoms with van der Waals surface area (Å²) in [6, 6.07) is 0. The minimum atomic E-state index is 0.587. The third-order valence-electron chi connectivity index (χ3n) is 1.19. The summed E-state index contributed by atoms with van der Waals surface area (Å²) in [7, 11) is 1.79. The molecule has 0 aliphatic rings. The van der Waals surface area contributed by atoms with Crippen LogP contribution in [0.2, 0.25) is 0 Å². The first-order chi connectivity index (χ1) is 4.75. The van der Waals surface area contributed by atoms with Gasteiger partial charge in [0, 0.05) is 7.05 Å². The second kappa shape index (κ2) is 2.60. The maximum absolute atomic E-state index is 5.52. The number of hydrogen-bond donors (Lipinski definition) is 1. The van der Waals surface area contributed by atoms with E-state index in [1.54, 1.807) is 17.9 Å². The van der Waals surface area contributed by atoms with E-state index >= 15 is 0 Å². The monoisotopic (exact) mass is 141 g/mol. The number of anilines is 1. The van der Waals surface area contributed by atoms with Crippen LogP contribution in [0.3, 0.4) is 0 Å². The van der Waals surface area contributed by atoms with Gasteiger partial charge in [0.15, 0.2) is 0 Å². The molecular weight excluding hydrogens is 130 g/mol. The summed E-state index contributed by atoms with van der Waals surface area (Å²) in [4.78, 5) is 0. The first kappa shape index (κ1) is 6.92. The Morgan fingerprint density at radius 2 is 2.50 bits per heavy atom. The molecule has 0 spiro atoms. The number of hydrogen-bond acceptors (Lipinski definition) is 3. The molecule has 0 aliphatic carbocycles. The lowest BCUT2D eigenvalue weighted by molar-refractivity contribution is 0.311. The van der Waals surface area contributed by atoms with E-state index in [4.69, 9.17) is 10.5 Å². The number of aromatic nitrogens is 2. The van der Waals surface area contributed by atoms with Crippen LogP contribution in [0.5, 0.6) is 5.88 Å². The van der Waals surface area contributed by atoms with Crippen molar-refractivity contribution in [2.45, 2.75) is 6.92 Å². The van der Waals surface area contributed by atoms with E-state index in [-0.39, 0.29) is 0 Å². The lowest BCUT2D eigenvalue weighted by Gasteiger charge is -2.02. The van der Waals surface area contributed by atoms with Gasteiger partial charge in [0.2, 0.25) is 5.88 Å². The Labute approximate surface area is 59.6 Å². The Morgan fingerprint density at radius 3 is 2.90 bits per heavy atom. The Balaban J connectivity index is 2.87. The smallest absolute Gasteiger partial charge is 0.235 e. The Hall–Kier alpha value is -1.19. The quantitative estimate of drug-likeness (QED) is 0.648. The first-order valence-electron chi connectivity index (χ1n) is 3.16. The fourth-order valence-corrected chi connectivity index (χ4v) is 0.757. The van der Waals surface area contributed by atoms with Crippen LogP contribution in [0.4, 0.5) is 5.69 Å². The van der Waals surface area contributed by atoms with Gasteiger partial charge in [-0.05, 0) is 6.92 Å². The van der Waals surface area contributed by atoms with Crippen LogP contribution in [0.15, 0.2) is 6.20 Å². The molecule has 1 aromatic rings. The number of rotatable bonds is 2. The van der Waals surface area contributed by atoms with Crippen molar-refractivity contribution in [3.05, 3.63) is 6.20 Å². The molecule has 1 aromatic heterocycles. The van der Waals surface area contributed by atoms with Crippen molar-refractivity contribution in [3.8, 4) is 5.88 Å². The first-order valence-corrected chi connectivity index (χ1v) is 3.16. The highest BCUT2D eigenvalue weighted by Gasteiger charge is 2.03. The molecule has 0 radical (unpaired) electrons. The average Bonchev–Trinajstić information content (AvgIpc) is 2.20. The molecule has 0 aliphatic heterocycles. The van der Waals surface area contributed by atoms with Gasteiger partial charge in [0.25, 0.3) is 0 Å². The Morgan fingerprint density at radius 1 is 1.80 bits per heavy atom. The summed E-state index contributed by atoms with van der Waals surface area (Å²) in [5.74, 6) is 0.641. The van der Waals surface area contributed by atoms with Gasteiger partial charge in [-0.3, -0.25) is 0 Å². The predicted octanol–water partition coefficient (Wildman–Crippen LogP) is 0.401. The second-order valence-corrected chi connectivity index (χ2v) is 1.96. The minimum Gasteiger partial charge on any atom is -0.477 e. The molecule has 4 heteroatoms. The van der Waals surface area contributed by atoms with Crippen LogP contribution in [0.1, 0.15) is 6.92 Å². The van der Waals surface area contributed by atoms with Crippen molar-refractivity contribution in [1.29, 1.82) is 0 Å². The summed E-state index contributed by atoms with van der Waals surface area (Å²) < 4.78 is 6.79. The van der Waals surface area contributed by atoms with Crippen LogP contribution in [-0.2, 0) is 7.05 Å². The highest BCUT2D eigenvalue weighted by atomic mass is 16.5. The van der Waals surface area contributed by atoms with Gasteiger partial charge in [-0.25, -0.2) is 4.68 Å². The van der Waals surface area contributed by atoms with Crippen LogP contribution >= 0.6 is 0 Å². The summed E-state index contributed by atoms with van der Waals surface area (Å²) in [6.45, 7) is 2.52. The number of nitrogens with two attached hydrogens (primary N) is 1. The summed E-state index contributed by atoms with van der Waals surface area (Å²) in [6.07, 6.45) is 1.57. The highest BCUT2D eigenvalue weighted by molar-refractivity contribution is 5.46. The van der Waals surface area contributed by atoms with Crippen LogP contribution < -0.4 is 10.5 Å². The van der Waals surface area contributed by atoms with Crippen molar-refractivity contribution >= 4 is 5.69 Å². The van der Waals surface area contributed by atoms with Crippen molar-refractivity contribution < 1.29 is 4.74 Å². The molecule has 0 atom stereocenters. The number of ether oxygens (including phenoxy) is 1. The van der Waals surface area contributed by atoms with E-state index in [1.165, 1.54) is 0 Å². The molecule has 0 bridgehead atoms. The van der Waals surface area contributed by atoms with Gasteiger partial charge < -0.3 is 10.5 Å². The maximum atomic E-state index is 5.52. The zero-order valence-corrected chi connectivity index (χ0v) is 6.16. The average molecular weight is 141 g/mol. The van der Waals surface area contributed by atoms with Crippen LogP contribution in [0.25, 0.3) is 0 Å². The number of nitrogen functional groups attached to an aromatic ring is 1. The van der Waals surface area contributed by atoms with Gasteiger partial charge in [-0.1, -0.05) is 0 Å². The molecule has 0 fully saturated rings. The van der Waals surface area contributed by atoms with Gasteiger partial charge in [0.1, 0.15) is 5.69 Å². The third-order valence-corrected chi connectivity index (χ3v) is 1.19. The second-order valence-electron chi connectivity index (χ2n) is 1.96. The largest absolute Gasteiger partial charge is 0.477 e. The molecule has 2 N–H and O–H groups in total. The van der Waals surface area contributed by atoms with Crippen molar-refractivity contribution in [1.82, 2.24) is 9.78 Å². The molecule has 1 heterocycles. The molecule has 0 saturated heterocycles. The van der Waals surface area contributed by atoms with Crippen LogP contribution in [-0.4, -0.2) is 16.4 Å². The Kier molecular flexibility index (Phi) is 1.80. The van der Waals surface area contributed by atoms with E-state index < -0.39 is 0 Å². The number of aryl methyl sites for hydroxylation is 1. The molecule has 0 amide bonds. The lowest BCUT2D eigenvalue weighted by Crippen LogP contribution is -2.00. The summed E-state index contributed by atoms with van der Waals surface area (Å²) in [5, 5.41) is 3.90. The van der Waals surface area contributed by atoms with Crippen LogP contribution in [0, 0.1) is 0 Å². The van der Waals surface area contributed by atoms with E-state index in [0.717, 1.165) is 0 Å². The molecule has 0 saturated carbocycles. The normalized spacial score (nSPS) is 9.80. The molecule has 0 unspecified atom stereocenters. The maximum Gasteiger partial charge on any atom is 0.235 e. The molecule has 56 valence electrons. The Bertz CT molecular complexity index is 199. The van der Waals surface area contributed by atoms with Crippen molar-refractivity contribution in [3.63, 3.8) is 0 Å². The standard InChI is InChI=1S/C6H11N3O/c1-3-10-6-5(7)4-8-9(6)2/h4H,3,7H2,1-2H3. The fraction of sp³-hybridized carbons (Fsp3) is 0.500. The fourth-order valence-electron chi connectivity index (χ4n) is 0.757. The summed E-state index contributed by atoms with van der Waals surface area (Å²) >= 11 is 0. The highest BCUT2D eigenvalue weighted by Crippen LogP contribution is 2.17. The van der Waals surface area contributed by atoms with Gasteiger partial charge >= 0.3 is 0 Å². The summed E-state index contributed by atoms with van der Waals surface area (Å²) in [5.41, 5.74) is 6.11. The molecule has 4 nitrogen and oxygen atoms in total. The van der Waals surface area contributed by atoms with E-state index in [0.29, 0.717) is 18.2 Å². The topological polar surface area (TPSA) is 53.1 Å². The van der Waals surface area contributed by atoms with Gasteiger partial charge in [-0.2, -0.15) is 5.10 Å². The van der Waals surface area contributed by atoms with Gasteiger partial charge in [0.05, 0.1) is 12.8 Å². The lowest BCUT2D eigenvalue weighted by atomic mass is 10.6. The SMILES string of the molecule is CCOc1c(N)cnn1C. The molecule has 1 rings (SSSR count). The molecule has 0 aromatic carbocycles. The predicted molar refractivity (Wildman–Crippen MR) is 38.8 cm³/mol. The van der Waals surface area contributed by atoms with E-state index in [9.17, 15) is 0 Å². The molecular formula is C6H11N3O. The van der Waals surface area contributed by atoms with Crippen molar-refractivity contribution in [2.24, 2.45) is 7.05 Å².